The molecule has 5 heteroatoms. The van der Waals surface area contributed by atoms with Crippen LogP contribution in [0.25, 0.3) is 0 Å². The average molecular weight is 263 g/mol. The Morgan fingerprint density at radius 3 is 2.53 bits per heavy atom. The molecule has 1 aromatic heterocycles. The number of rotatable bonds is 6. The van der Waals surface area contributed by atoms with Crippen LogP contribution in [0, 0.1) is 5.82 Å². The molecule has 0 radical (unpaired) electrons. The van der Waals surface area contributed by atoms with Crippen LogP contribution < -0.4 is 9.47 Å². The van der Waals surface area contributed by atoms with Gasteiger partial charge in [0.25, 0.3) is 0 Å². The number of hydrogen-bond acceptors (Lipinski definition) is 4. The summed E-state index contributed by atoms with van der Waals surface area (Å²) in [5.41, 5.74) is 0.579. The maximum atomic E-state index is 13.2. The lowest BCUT2D eigenvalue weighted by Crippen LogP contribution is -2.09. The zero-order valence-corrected chi connectivity index (χ0v) is 10.3. The van der Waals surface area contributed by atoms with Gasteiger partial charge in [0.2, 0.25) is 0 Å². The zero-order valence-electron chi connectivity index (χ0n) is 10.3. The molecule has 1 aromatic carbocycles. The van der Waals surface area contributed by atoms with Crippen LogP contribution in [0.15, 0.2) is 42.6 Å². The number of aliphatic hydroxyl groups is 1. The van der Waals surface area contributed by atoms with Gasteiger partial charge in [-0.05, 0) is 24.3 Å². The highest BCUT2D eigenvalue weighted by Gasteiger charge is 2.01. The van der Waals surface area contributed by atoms with Crippen molar-refractivity contribution in [1.29, 1.82) is 0 Å². The lowest BCUT2D eigenvalue weighted by atomic mass is 10.3. The fraction of sp³-hybridized carbons (Fsp3) is 0.214. The topological polar surface area (TPSA) is 51.6 Å². The SMILES string of the molecule is OCc1ccc(OCCOc2ccccc2F)cn1. The van der Waals surface area contributed by atoms with E-state index in [0.29, 0.717) is 11.4 Å². The van der Waals surface area contributed by atoms with Gasteiger partial charge in [0.1, 0.15) is 19.0 Å². The van der Waals surface area contributed by atoms with E-state index in [4.69, 9.17) is 14.6 Å². The first-order valence-corrected chi connectivity index (χ1v) is 5.85. The summed E-state index contributed by atoms with van der Waals surface area (Å²) in [6.07, 6.45) is 1.52. The van der Waals surface area contributed by atoms with Gasteiger partial charge in [-0.25, -0.2) is 4.39 Å². The minimum atomic E-state index is -0.392. The van der Waals surface area contributed by atoms with Crippen LogP contribution >= 0.6 is 0 Å². The van der Waals surface area contributed by atoms with Crippen molar-refractivity contribution in [3.63, 3.8) is 0 Å². The zero-order chi connectivity index (χ0) is 13.5. The molecule has 0 aliphatic heterocycles. The van der Waals surface area contributed by atoms with Crippen molar-refractivity contribution in [3.8, 4) is 11.5 Å². The van der Waals surface area contributed by atoms with Gasteiger partial charge in [-0.3, -0.25) is 4.98 Å². The molecule has 2 aromatic rings. The summed E-state index contributed by atoms with van der Waals surface area (Å²) < 4.78 is 23.8. The number of aromatic nitrogens is 1. The molecule has 0 saturated carbocycles. The molecule has 0 fully saturated rings. The highest BCUT2D eigenvalue weighted by atomic mass is 19.1. The van der Waals surface area contributed by atoms with Crippen LogP contribution in [-0.2, 0) is 6.61 Å². The van der Waals surface area contributed by atoms with E-state index in [2.05, 4.69) is 4.98 Å². The van der Waals surface area contributed by atoms with E-state index in [-0.39, 0.29) is 25.6 Å². The molecule has 4 nitrogen and oxygen atoms in total. The van der Waals surface area contributed by atoms with Crippen LogP contribution in [0.1, 0.15) is 5.69 Å². The number of nitrogens with zero attached hydrogens (tertiary/aromatic N) is 1. The van der Waals surface area contributed by atoms with E-state index in [1.807, 2.05) is 0 Å². The molecule has 0 amide bonds. The lowest BCUT2D eigenvalue weighted by Gasteiger charge is -2.08. The molecule has 0 spiro atoms. The Morgan fingerprint density at radius 2 is 1.84 bits per heavy atom. The van der Waals surface area contributed by atoms with Crippen molar-refractivity contribution in [2.45, 2.75) is 6.61 Å². The second-order valence-corrected chi connectivity index (χ2v) is 3.77. The summed E-state index contributed by atoms with van der Waals surface area (Å²) in [6.45, 7) is 0.424. The van der Waals surface area contributed by atoms with E-state index in [9.17, 15) is 4.39 Å². The highest BCUT2D eigenvalue weighted by molar-refractivity contribution is 5.23. The van der Waals surface area contributed by atoms with Crippen molar-refractivity contribution in [1.82, 2.24) is 4.98 Å². The molecule has 0 aliphatic carbocycles. The second kappa shape index (κ2) is 6.70. The predicted molar refractivity (Wildman–Crippen MR) is 67.5 cm³/mol. The Morgan fingerprint density at radius 1 is 1.05 bits per heavy atom. The van der Waals surface area contributed by atoms with Gasteiger partial charge in [-0.1, -0.05) is 12.1 Å². The van der Waals surface area contributed by atoms with Crippen molar-refractivity contribution in [2.75, 3.05) is 13.2 Å². The van der Waals surface area contributed by atoms with Crippen LogP contribution in [0.5, 0.6) is 11.5 Å². The fourth-order valence-electron chi connectivity index (χ4n) is 1.46. The van der Waals surface area contributed by atoms with E-state index < -0.39 is 5.82 Å². The monoisotopic (exact) mass is 263 g/mol. The third-order valence-corrected chi connectivity index (χ3v) is 2.41. The van der Waals surface area contributed by atoms with Crippen LogP contribution in [0.2, 0.25) is 0 Å². The Kier molecular flexibility index (Phi) is 4.69. The van der Waals surface area contributed by atoms with Gasteiger partial charge in [0.05, 0.1) is 18.5 Å². The standard InChI is InChI=1S/C14H14FNO3/c15-13-3-1-2-4-14(13)19-8-7-18-12-6-5-11(10-17)16-9-12/h1-6,9,17H,7-8,10H2. The summed E-state index contributed by atoms with van der Waals surface area (Å²) in [5.74, 6) is 0.394. The van der Waals surface area contributed by atoms with Gasteiger partial charge < -0.3 is 14.6 Å². The maximum Gasteiger partial charge on any atom is 0.165 e. The molecule has 100 valence electrons. The van der Waals surface area contributed by atoms with Gasteiger partial charge in [-0.15, -0.1) is 0 Å². The summed E-state index contributed by atoms with van der Waals surface area (Å²) in [7, 11) is 0. The molecule has 0 aliphatic rings. The van der Waals surface area contributed by atoms with Crippen LogP contribution in [-0.4, -0.2) is 23.3 Å². The lowest BCUT2D eigenvalue weighted by molar-refractivity contribution is 0.210. The molecule has 1 heterocycles. The molecule has 0 unspecified atom stereocenters. The Hall–Kier alpha value is -2.14. The van der Waals surface area contributed by atoms with Crippen molar-refractivity contribution in [2.24, 2.45) is 0 Å². The molecule has 0 saturated heterocycles. The third kappa shape index (κ3) is 3.93. The molecule has 0 atom stereocenters. The number of para-hydroxylation sites is 1. The molecule has 0 bridgehead atoms. The smallest absolute Gasteiger partial charge is 0.165 e. The first-order chi connectivity index (χ1) is 9.29. The number of halogens is 1. The number of pyridine rings is 1. The van der Waals surface area contributed by atoms with Gasteiger partial charge in [-0.2, -0.15) is 0 Å². The Labute approximate surface area is 110 Å². The summed E-state index contributed by atoms with van der Waals surface area (Å²) in [6, 6.07) is 9.60. The second-order valence-electron chi connectivity index (χ2n) is 3.77. The maximum absolute atomic E-state index is 13.2. The van der Waals surface area contributed by atoms with Gasteiger partial charge in [0.15, 0.2) is 11.6 Å². The average Bonchev–Trinajstić information content (AvgIpc) is 2.46. The van der Waals surface area contributed by atoms with Gasteiger partial charge >= 0.3 is 0 Å². The van der Waals surface area contributed by atoms with E-state index in [1.54, 1.807) is 30.3 Å². The van der Waals surface area contributed by atoms with Crippen molar-refractivity contribution in [3.05, 3.63) is 54.1 Å². The molecular weight excluding hydrogens is 249 g/mol. The summed E-state index contributed by atoms with van der Waals surface area (Å²) >= 11 is 0. The molecule has 1 N–H and O–H groups in total. The third-order valence-electron chi connectivity index (χ3n) is 2.41. The first kappa shape index (κ1) is 13.3. The van der Waals surface area contributed by atoms with Crippen LogP contribution in [0.3, 0.4) is 0 Å². The Balaban J connectivity index is 1.76. The number of ether oxygens (including phenoxy) is 2. The largest absolute Gasteiger partial charge is 0.488 e. The van der Waals surface area contributed by atoms with E-state index >= 15 is 0 Å². The van der Waals surface area contributed by atoms with Crippen molar-refractivity contribution < 1.29 is 19.0 Å². The van der Waals surface area contributed by atoms with E-state index in [0.717, 1.165) is 0 Å². The first-order valence-electron chi connectivity index (χ1n) is 5.85. The minimum absolute atomic E-state index is 0.101. The quantitative estimate of drug-likeness (QED) is 0.811. The normalized spacial score (nSPS) is 10.2. The van der Waals surface area contributed by atoms with E-state index in [1.165, 1.54) is 12.3 Å². The summed E-state index contributed by atoms with van der Waals surface area (Å²) in [4.78, 5) is 3.97. The predicted octanol–water partition coefficient (Wildman–Crippen LogP) is 2.17. The van der Waals surface area contributed by atoms with Gasteiger partial charge in [0, 0.05) is 0 Å². The number of hydrogen-bond donors (Lipinski definition) is 1. The fourth-order valence-corrected chi connectivity index (χ4v) is 1.46. The number of benzene rings is 1. The molecule has 19 heavy (non-hydrogen) atoms. The molecule has 2 rings (SSSR count). The highest BCUT2D eigenvalue weighted by Crippen LogP contribution is 2.15. The van der Waals surface area contributed by atoms with Crippen molar-refractivity contribution >= 4 is 0 Å². The summed E-state index contributed by atoms with van der Waals surface area (Å²) in [5, 5.41) is 8.84. The van der Waals surface area contributed by atoms with Crippen LogP contribution in [0.4, 0.5) is 4.39 Å². The Bertz CT molecular complexity index is 516. The minimum Gasteiger partial charge on any atom is -0.488 e. The number of aliphatic hydroxyl groups excluding tert-OH is 1. The molecular formula is C14H14FNO3.